The molecule has 0 unspecified atom stereocenters. The first-order chi connectivity index (χ1) is 14.4. The van der Waals surface area contributed by atoms with Crippen LogP contribution in [0.4, 0.5) is 13.2 Å². The molecule has 0 radical (unpaired) electrons. The Labute approximate surface area is 176 Å². The third-order valence-corrected chi connectivity index (χ3v) is 6.10. The molecule has 6 nitrogen and oxygen atoms in total. The van der Waals surface area contributed by atoms with Crippen molar-refractivity contribution in [1.29, 1.82) is 0 Å². The fourth-order valence-corrected chi connectivity index (χ4v) is 4.14. The number of guanidine groups is 1. The van der Waals surface area contributed by atoms with Gasteiger partial charge in [-0.15, -0.1) is 11.3 Å². The lowest BCUT2D eigenvalue weighted by atomic mass is 9.96. The van der Waals surface area contributed by atoms with Crippen LogP contribution in [-0.4, -0.2) is 37.4 Å². The summed E-state index contributed by atoms with van der Waals surface area (Å²) in [6.45, 7) is 3.99. The average molecular weight is 440 g/mol. The summed E-state index contributed by atoms with van der Waals surface area (Å²) in [5.41, 5.74) is 0.358. The van der Waals surface area contributed by atoms with E-state index in [1.807, 2.05) is 19.1 Å². The molecular formula is C20H23F3N4O2S. The second-order valence-corrected chi connectivity index (χ2v) is 8.29. The molecule has 1 fully saturated rings. The molecule has 1 aliphatic heterocycles. The molecule has 1 aromatic carbocycles. The summed E-state index contributed by atoms with van der Waals surface area (Å²) in [6.07, 6.45) is -1.89. The number of hydrogen-bond acceptors (Lipinski definition) is 5. The third kappa shape index (κ3) is 4.63. The van der Waals surface area contributed by atoms with Crippen molar-refractivity contribution in [1.82, 2.24) is 15.6 Å². The minimum atomic E-state index is -4.40. The van der Waals surface area contributed by atoms with E-state index in [1.54, 1.807) is 0 Å². The van der Waals surface area contributed by atoms with Gasteiger partial charge in [0.2, 0.25) is 6.79 Å². The van der Waals surface area contributed by atoms with Crippen LogP contribution in [0.3, 0.4) is 0 Å². The lowest BCUT2D eigenvalue weighted by Gasteiger charge is -2.16. The van der Waals surface area contributed by atoms with E-state index in [1.165, 1.54) is 5.56 Å². The molecule has 4 rings (SSSR count). The minimum absolute atomic E-state index is 0.000247. The molecule has 1 aromatic heterocycles. The van der Waals surface area contributed by atoms with Gasteiger partial charge in [0.25, 0.3) is 0 Å². The number of alkyl halides is 3. The van der Waals surface area contributed by atoms with Crippen LogP contribution in [0.1, 0.15) is 36.0 Å². The molecular weight excluding hydrogens is 417 g/mol. The molecule has 162 valence electrons. The number of benzene rings is 1. The number of fused-ring (bicyclic) bond motifs is 1. The van der Waals surface area contributed by atoms with Crippen molar-refractivity contribution in [3.63, 3.8) is 0 Å². The number of nitrogens with one attached hydrogen (secondary N) is 2. The molecule has 2 aromatic rings. The van der Waals surface area contributed by atoms with Crippen molar-refractivity contribution >= 4 is 17.3 Å². The van der Waals surface area contributed by atoms with Crippen LogP contribution in [0.15, 0.2) is 28.6 Å². The second kappa shape index (κ2) is 8.33. The van der Waals surface area contributed by atoms with Gasteiger partial charge in [0.15, 0.2) is 23.2 Å². The predicted molar refractivity (Wildman–Crippen MR) is 108 cm³/mol. The van der Waals surface area contributed by atoms with Crippen molar-refractivity contribution in [2.75, 3.05) is 26.4 Å². The first-order valence-electron chi connectivity index (χ1n) is 9.83. The Bertz CT molecular complexity index is 925. The van der Waals surface area contributed by atoms with E-state index in [9.17, 15) is 13.2 Å². The number of aliphatic imine (C=N–C) groups is 1. The van der Waals surface area contributed by atoms with Crippen LogP contribution in [0.5, 0.6) is 11.5 Å². The first kappa shape index (κ1) is 20.8. The standard InChI is InChI=1S/C20H23F3N4O2S/c1-2-24-18(25-8-5-17-27-16(10-30-17)20(21,22)23)26-11-19(6-7-19)13-3-4-14-15(9-13)29-12-28-14/h3-4,9-10H,2,5-8,11-12H2,1H3,(H2,24,25,26). The van der Waals surface area contributed by atoms with E-state index in [0.717, 1.165) is 41.1 Å². The lowest BCUT2D eigenvalue weighted by Crippen LogP contribution is -2.39. The van der Waals surface area contributed by atoms with Crippen LogP contribution >= 0.6 is 11.3 Å². The zero-order valence-corrected chi connectivity index (χ0v) is 17.3. The molecule has 1 saturated carbocycles. The monoisotopic (exact) mass is 440 g/mol. The van der Waals surface area contributed by atoms with Crippen molar-refractivity contribution in [3.8, 4) is 11.5 Å². The van der Waals surface area contributed by atoms with E-state index in [-0.39, 0.29) is 12.2 Å². The molecule has 0 saturated heterocycles. The topological polar surface area (TPSA) is 67.8 Å². The summed E-state index contributed by atoms with van der Waals surface area (Å²) >= 11 is 1.02. The van der Waals surface area contributed by atoms with Gasteiger partial charge in [-0.25, -0.2) is 4.98 Å². The normalized spacial score (nSPS) is 17.1. The van der Waals surface area contributed by atoms with Crippen molar-refractivity contribution in [2.45, 2.75) is 37.8 Å². The lowest BCUT2D eigenvalue weighted by molar-refractivity contribution is -0.140. The maximum absolute atomic E-state index is 12.7. The Kier molecular flexibility index (Phi) is 5.77. The number of rotatable bonds is 7. The Morgan fingerprint density at radius 3 is 2.73 bits per heavy atom. The molecule has 0 bridgehead atoms. The molecule has 1 aliphatic carbocycles. The largest absolute Gasteiger partial charge is 0.454 e. The highest BCUT2D eigenvalue weighted by Crippen LogP contribution is 2.50. The maximum atomic E-state index is 12.7. The fourth-order valence-electron chi connectivity index (χ4n) is 3.33. The quantitative estimate of drug-likeness (QED) is 0.508. The maximum Gasteiger partial charge on any atom is 0.434 e. The number of halogens is 3. The Hall–Kier alpha value is -2.49. The number of ether oxygens (including phenoxy) is 2. The summed E-state index contributed by atoms with van der Waals surface area (Å²) in [5.74, 6) is 2.19. The van der Waals surface area contributed by atoms with Gasteiger partial charge in [-0.05, 0) is 37.5 Å². The van der Waals surface area contributed by atoms with Crippen LogP contribution in [0.25, 0.3) is 0 Å². The molecule has 2 aliphatic rings. The number of nitrogens with zero attached hydrogens (tertiary/aromatic N) is 2. The van der Waals surface area contributed by atoms with E-state index < -0.39 is 11.9 Å². The molecule has 30 heavy (non-hydrogen) atoms. The van der Waals surface area contributed by atoms with Crippen molar-refractivity contribution in [2.24, 2.45) is 4.99 Å². The zero-order chi connectivity index (χ0) is 21.2. The average Bonchev–Trinajstić information content (AvgIpc) is 3.12. The summed E-state index contributed by atoms with van der Waals surface area (Å²) < 4.78 is 48.9. The van der Waals surface area contributed by atoms with E-state index in [2.05, 4.69) is 21.7 Å². The number of aromatic nitrogens is 1. The van der Waals surface area contributed by atoms with Crippen molar-refractivity contribution in [3.05, 3.63) is 39.8 Å². The van der Waals surface area contributed by atoms with Gasteiger partial charge in [0, 0.05) is 30.3 Å². The molecule has 2 N–H and O–H groups in total. The van der Waals surface area contributed by atoms with Crippen molar-refractivity contribution < 1.29 is 22.6 Å². The van der Waals surface area contributed by atoms with Gasteiger partial charge in [-0.2, -0.15) is 13.2 Å². The fraction of sp³-hybridized carbons (Fsp3) is 0.500. The Morgan fingerprint density at radius 2 is 2.03 bits per heavy atom. The van der Waals surface area contributed by atoms with E-state index >= 15 is 0 Å². The van der Waals surface area contributed by atoms with Gasteiger partial charge in [0.1, 0.15) is 0 Å². The second-order valence-electron chi connectivity index (χ2n) is 7.34. The summed E-state index contributed by atoms with van der Waals surface area (Å²) in [4.78, 5) is 8.38. The van der Waals surface area contributed by atoms with Crippen LogP contribution in [0, 0.1) is 0 Å². The highest BCUT2D eigenvalue weighted by molar-refractivity contribution is 7.09. The summed E-state index contributed by atoms with van der Waals surface area (Å²) in [6, 6.07) is 6.04. The SMILES string of the molecule is CCNC(=NCC1(c2ccc3c(c2)OCO3)CC1)NCCc1nc(C(F)(F)F)cs1. The molecule has 0 amide bonds. The molecule has 0 atom stereocenters. The number of hydrogen-bond donors (Lipinski definition) is 2. The van der Waals surface area contributed by atoms with Gasteiger partial charge >= 0.3 is 6.18 Å². The minimum Gasteiger partial charge on any atom is -0.454 e. The van der Waals surface area contributed by atoms with Gasteiger partial charge in [-0.3, -0.25) is 4.99 Å². The highest BCUT2D eigenvalue weighted by atomic mass is 32.1. The first-order valence-corrected chi connectivity index (χ1v) is 10.7. The Balaban J connectivity index is 1.35. The summed E-state index contributed by atoms with van der Waals surface area (Å²) in [7, 11) is 0. The van der Waals surface area contributed by atoms with Gasteiger partial charge in [-0.1, -0.05) is 6.07 Å². The third-order valence-electron chi connectivity index (χ3n) is 5.20. The highest BCUT2D eigenvalue weighted by Gasteiger charge is 2.44. The summed E-state index contributed by atoms with van der Waals surface area (Å²) in [5, 5.41) is 7.88. The van der Waals surface area contributed by atoms with Crippen LogP contribution in [0.2, 0.25) is 0 Å². The predicted octanol–water partition coefficient (Wildman–Crippen LogP) is 3.72. The molecule has 2 heterocycles. The molecule has 10 heteroatoms. The zero-order valence-electron chi connectivity index (χ0n) is 16.5. The van der Waals surface area contributed by atoms with Crippen LogP contribution < -0.4 is 20.1 Å². The number of thiazole rings is 1. The Morgan fingerprint density at radius 1 is 1.23 bits per heavy atom. The molecule has 0 spiro atoms. The smallest absolute Gasteiger partial charge is 0.434 e. The van der Waals surface area contributed by atoms with Gasteiger partial charge in [0.05, 0.1) is 11.6 Å². The van der Waals surface area contributed by atoms with E-state index in [0.29, 0.717) is 37.0 Å². The van der Waals surface area contributed by atoms with Gasteiger partial charge < -0.3 is 20.1 Å². The van der Waals surface area contributed by atoms with E-state index in [4.69, 9.17) is 14.5 Å². The van der Waals surface area contributed by atoms with Crippen LogP contribution in [-0.2, 0) is 18.0 Å².